The molecule has 0 bridgehead atoms. The summed E-state index contributed by atoms with van der Waals surface area (Å²) in [4.78, 5) is 0. The van der Waals surface area contributed by atoms with Crippen molar-refractivity contribution in [2.75, 3.05) is 0 Å². The molecule has 2 fully saturated rings. The van der Waals surface area contributed by atoms with Gasteiger partial charge in [-0.25, -0.2) is 0 Å². The summed E-state index contributed by atoms with van der Waals surface area (Å²) in [5.74, 6) is 1.26. The van der Waals surface area contributed by atoms with Crippen molar-refractivity contribution in [3.05, 3.63) is 0 Å². The van der Waals surface area contributed by atoms with Gasteiger partial charge in [0.25, 0.3) is 12.5 Å². The monoisotopic (exact) mass is 262 g/mol. The van der Waals surface area contributed by atoms with Gasteiger partial charge in [0.15, 0.2) is 0 Å². The molecule has 2 unspecified atom stereocenters. The van der Waals surface area contributed by atoms with Gasteiger partial charge in [0, 0.05) is 0 Å². The summed E-state index contributed by atoms with van der Waals surface area (Å²) in [6.07, 6.45) is 14.1. The van der Waals surface area contributed by atoms with E-state index in [1.165, 1.54) is 25.7 Å². The van der Waals surface area contributed by atoms with Gasteiger partial charge in [-0.2, -0.15) is 10.5 Å². The minimum Gasteiger partial charge on any atom is -0.424 e. The maximum Gasteiger partial charge on any atom is 0.286 e. The second-order valence-electron chi connectivity index (χ2n) is 5.88. The first-order valence-corrected chi connectivity index (χ1v) is 7.43. The Morgan fingerprint density at radius 3 is 2.21 bits per heavy atom. The van der Waals surface area contributed by atoms with E-state index in [4.69, 9.17) is 20.0 Å². The van der Waals surface area contributed by atoms with E-state index in [1.807, 2.05) is 6.26 Å². The van der Waals surface area contributed by atoms with Crippen molar-refractivity contribution in [2.45, 2.75) is 70.0 Å². The zero-order chi connectivity index (χ0) is 13.5. The van der Waals surface area contributed by atoms with Crippen molar-refractivity contribution >= 4 is 0 Å². The number of hydrogen-bond acceptors (Lipinski definition) is 4. The van der Waals surface area contributed by atoms with Crippen molar-refractivity contribution in [3.8, 4) is 12.5 Å². The molecule has 2 aliphatic carbocycles. The Labute approximate surface area is 115 Å². The molecule has 0 aliphatic heterocycles. The van der Waals surface area contributed by atoms with Crippen molar-refractivity contribution < 1.29 is 9.47 Å². The molecule has 104 valence electrons. The normalized spacial score (nSPS) is 34.8. The molecule has 2 atom stereocenters. The standard InChI is InChI=1S/C15H22N2O2/c16-10-18-14-7-5-12(6-8-14)9-13-3-1-2-4-15(13)19-11-17/h12-15H,1-9H2. The van der Waals surface area contributed by atoms with Crippen LogP contribution in [0, 0.1) is 34.9 Å². The van der Waals surface area contributed by atoms with Crippen LogP contribution >= 0.6 is 0 Å². The quantitative estimate of drug-likeness (QED) is 0.727. The van der Waals surface area contributed by atoms with E-state index >= 15 is 0 Å². The maximum absolute atomic E-state index is 8.72. The third-order valence-corrected chi connectivity index (χ3v) is 4.69. The summed E-state index contributed by atoms with van der Waals surface area (Å²) in [6.45, 7) is 0. The van der Waals surface area contributed by atoms with Crippen LogP contribution < -0.4 is 0 Å². The van der Waals surface area contributed by atoms with Gasteiger partial charge < -0.3 is 9.47 Å². The number of rotatable bonds is 4. The average molecular weight is 262 g/mol. The molecule has 4 nitrogen and oxygen atoms in total. The van der Waals surface area contributed by atoms with Crippen LogP contribution in [0.2, 0.25) is 0 Å². The molecule has 4 heteroatoms. The first-order valence-electron chi connectivity index (χ1n) is 7.43. The molecule has 19 heavy (non-hydrogen) atoms. The van der Waals surface area contributed by atoms with E-state index in [1.54, 1.807) is 6.26 Å². The Morgan fingerprint density at radius 1 is 0.842 bits per heavy atom. The predicted molar refractivity (Wildman–Crippen MR) is 69.5 cm³/mol. The first-order chi connectivity index (χ1) is 9.33. The lowest BCUT2D eigenvalue weighted by Gasteiger charge is -2.34. The Kier molecular flexibility index (Phi) is 5.33. The number of nitrogens with zero attached hydrogens (tertiary/aromatic N) is 2. The highest BCUT2D eigenvalue weighted by Gasteiger charge is 2.31. The third-order valence-electron chi connectivity index (χ3n) is 4.69. The van der Waals surface area contributed by atoms with Crippen LogP contribution in [-0.4, -0.2) is 12.2 Å². The lowest BCUT2D eigenvalue weighted by Crippen LogP contribution is -2.30. The molecule has 2 aliphatic rings. The van der Waals surface area contributed by atoms with Gasteiger partial charge in [-0.3, -0.25) is 0 Å². The fourth-order valence-electron chi connectivity index (χ4n) is 3.65. The molecular formula is C15H22N2O2. The van der Waals surface area contributed by atoms with E-state index in [-0.39, 0.29) is 12.2 Å². The zero-order valence-corrected chi connectivity index (χ0v) is 11.4. The summed E-state index contributed by atoms with van der Waals surface area (Å²) in [6, 6.07) is 0. The van der Waals surface area contributed by atoms with E-state index in [0.717, 1.165) is 32.1 Å². The molecule has 0 aromatic heterocycles. The fourth-order valence-corrected chi connectivity index (χ4v) is 3.65. The Bertz CT molecular complexity index is 350. The molecule has 2 rings (SSSR count). The molecule has 0 aromatic rings. The van der Waals surface area contributed by atoms with Crippen molar-refractivity contribution in [1.29, 1.82) is 10.5 Å². The second kappa shape index (κ2) is 7.24. The lowest BCUT2D eigenvalue weighted by molar-refractivity contribution is 0.0376. The smallest absolute Gasteiger partial charge is 0.286 e. The van der Waals surface area contributed by atoms with Gasteiger partial charge in [-0.1, -0.05) is 6.42 Å². The van der Waals surface area contributed by atoms with Crippen LogP contribution in [0.25, 0.3) is 0 Å². The Morgan fingerprint density at radius 2 is 1.53 bits per heavy atom. The molecule has 0 heterocycles. The number of hydrogen-bond donors (Lipinski definition) is 0. The largest absolute Gasteiger partial charge is 0.424 e. The highest BCUT2D eigenvalue weighted by molar-refractivity contribution is 4.83. The number of ether oxygens (including phenoxy) is 2. The van der Waals surface area contributed by atoms with Crippen LogP contribution in [-0.2, 0) is 9.47 Å². The minimum atomic E-state index is 0.138. The Hall–Kier alpha value is -1.42. The Balaban J connectivity index is 1.77. The van der Waals surface area contributed by atoms with E-state index in [2.05, 4.69) is 0 Å². The summed E-state index contributed by atoms with van der Waals surface area (Å²) in [5.41, 5.74) is 0. The van der Waals surface area contributed by atoms with Gasteiger partial charge in [-0.05, 0) is 63.2 Å². The number of nitriles is 2. The van der Waals surface area contributed by atoms with Crippen LogP contribution in [0.5, 0.6) is 0 Å². The van der Waals surface area contributed by atoms with Gasteiger partial charge in [0.1, 0.15) is 12.2 Å². The molecule has 0 saturated heterocycles. The van der Waals surface area contributed by atoms with Crippen molar-refractivity contribution in [3.63, 3.8) is 0 Å². The maximum atomic E-state index is 8.72. The average Bonchev–Trinajstić information content (AvgIpc) is 2.44. The molecule has 2 saturated carbocycles. The summed E-state index contributed by atoms with van der Waals surface area (Å²) >= 11 is 0. The van der Waals surface area contributed by atoms with Crippen LogP contribution in [0.3, 0.4) is 0 Å². The van der Waals surface area contributed by atoms with E-state index in [9.17, 15) is 0 Å². The van der Waals surface area contributed by atoms with E-state index < -0.39 is 0 Å². The molecule has 0 radical (unpaired) electrons. The van der Waals surface area contributed by atoms with Crippen molar-refractivity contribution in [1.82, 2.24) is 0 Å². The summed E-state index contributed by atoms with van der Waals surface area (Å²) < 4.78 is 10.3. The third kappa shape index (κ3) is 4.03. The SMILES string of the molecule is N#COC1CCC(CC2CCCCC2OC#N)CC1. The van der Waals surface area contributed by atoms with Crippen LogP contribution in [0.1, 0.15) is 57.8 Å². The predicted octanol–water partition coefficient (Wildman–Crippen LogP) is 3.49. The van der Waals surface area contributed by atoms with Gasteiger partial charge in [-0.15, -0.1) is 0 Å². The molecule has 0 aromatic carbocycles. The summed E-state index contributed by atoms with van der Waals surface area (Å²) in [5, 5.41) is 17.2. The molecule has 0 spiro atoms. The zero-order valence-electron chi connectivity index (χ0n) is 11.4. The van der Waals surface area contributed by atoms with Gasteiger partial charge >= 0.3 is 0 Å². The first kappa shape index (κ1) is 14.0. The topological polar surface area (TPSA) is 66.0 Å². The highest BCUT2D eigenvalue weighted by Crippen LogP contribution is 2.37. The van der Waals surface area contributed by atoms with Crippen LogP contribution in [0.15, 0.2) is 0 Å². The molecular weight excluding hydrogens is 240 g/mol. The van der Waals surface area contributed by atoms with Crippen molar-refractivity contribution in [2.24, 2.45) is 11.8 Å². The van der Waals surface area contributed by atoms with Gasteiger partial charge in [0.2, 0.25) is 0 Å². The fraction of sp³-hybridized carbons (Fsp3) is 0.867. The summed E-state index contributed by atoms with van der Waals surface area (Å²) in [7, 11) is 0. The molecule has 0 N–H and O–H groups in total. The van der Waals surface area contributed by atoms with Gasteiger partial charge in [0.05, 0.1) is 0 Å². The lowest BCUT2D eigenvalue weighted by atomic mass is 9.76. The molecule has 0 amide bonds. The van der Waals surface area contributed by atoms with Crippen LogP contribution in [0.4, 0.5) is 0 Å². The highest BCUT2D eigenvalue weighted by atomic mass is 16.5. The minimum absolute atomic E-state index is 0.138. The van der Waals surface area contributed by atoms with E-state index in [0.29, 0.717) is 11.8 Å². The second-order valence-corrected chi connectivity index (χ2v) is 5.88.